The van der Waals surface area contributed by atoms with Crippen LogP contribution in [0.5, 0.6) is 0 Å². The van der Waals surface area contributed by atoms with Crippen LogP contribution in [0, 0.1) is 0 Å². The van der Waals surface area contributed by atoms with E-state index in [1.54, 1.807) is 6.08 Å². The van der Waals surface area contributed by atoms with Crippen LogP contribution < -0.4 is 5.43 Å². The molecule has 0 aromatic rings. The maximum absolute atomic E-state index is 5.59. The smallest absolute Gasteiger partial charge is 0.154 e. The third kappa shape index (κ3) is 1.78. The lowest BCUT2D eigenvalue weighted by molar-refractivity contribution is 0.388. The van der Waals surface area contributed by atoms with Crippen molar-refractivity contribution in [3.05, 3.63) is 11.8 Å². The minimum absolute atomic E-state index is 0.394. The molecule has 0 unspecified atom stereocenters. The van der Waals surface area contributed by atoms with Gasteiger partial charge in [0.05, 0.1) is 11.8 Å². The van der Waals surface area contributed by atoms with E-state index in [-0.39, 0.29) is 0 Å². The summed E-state index contributed by atoms with van der Waals surface area (Å²) in [5.74, 6) is 0. The second-order valence-electron chi connectivity index (χ2n) is 1.82. The molecule has 0 amide bonds. The first kappa shape index (κ1) is 7.69. The first-order valence-electron chi connectivity index (χ1n) is 2.89. The van der Waals surface area contributed by atoms with E-state index >= 15 is 0 Å². The van der Waals surface area contributed by atoms with Crippen LogP contribution in [0.25, 0.3) is 0 Å². The highest BCUT2D eigenvalue weighted by molar-refractivity contribution is 6.68. The highest BCUT2D eigenvalue weighted by atomic mass is 35.5. The summed E-state index contributed by atoms with van der Waals surface area (Å²) in [5.41, 5.74) is 3.74. The Bertz CT molecular complexity index is 187. The van der Waals surface area contributed by atoms with Crippen molar-refractivity contribution in [2.45, 2.75) is 13.3 Å². The van der Waals surface area contributed by atoms with Gasteiger partial charge in [-0.15, -0.1) is 9.74 Å². The molecule has 3 nitrogen and oxygen atoms in total. The van der Waals surface area contributed by atoms with E-state index in [2.05, 4.69) is 10.5 Å². The van der Waals surface area contributed by atoms with E-state index in [9.17, 15) is 0 Å². The van der Waals surface area contributed by atoms with Gasteiger partial charge in [0.15, 0.2) is 5.17 Å². The Hall–Kier alpha value is -0.410. The third-order valence-electron chi connectivity index (χ3n) is 1.09. The molecule has 0 bridgehead atoms. The molecule has 0 aromatic heterocycles. The van der Waals surface area contributed by atoms with E-state index < -0.39 is 0 Å². The van der Waals surface area contributed by atoms with E-state index in [1.165, 1.54) is 0 Å². The standard InChI is InChI=1S/C5H7Cl2N3/c1-2-4-3-5(6)9-10(7)8-4/h3,8H,2H2,1H3. The fourth-order valence-corrected chi connectivity index (χ4v) is 1.05. The van der Waals surface area contributed by atoms with Crippen molar-refractivity contribution in [1.82, 2.24) is 10.1 Å². The van der Waals surface area contributed by atoms with Crippen LogP contribution >= 0.6 is 23.4 Å². The minimum atomic E-state index is 0.394. The zero-order valence-corrected chi connectivity index (χ0v) is 6.95. The first-order valence-corrected chi connectivity index (χ1v) is 3.61. The van der Waals surface area contributed by atoms with E-state index in [4.69, 9.17) is 23.4 Å². The summed E-state index contributed by atoms with van der Waals surface area (Å²) in [6.07, 6.45) is 2.59. The predicted octanol–water partition coefficient (Wildman–Crippen LogP) is 1.81. The SMILES string of the molecule is CCC1=CC(Cl)=NN(Cl)N1. The van der Waals surface area contributed by atoms with Gasteiger partial charge in [-0.1, -0.05) is 18.5 Å². The van der Waals surface area contributed by atoms with Crippen molar-refractivity contribution in [2.24, 2.45) is 5.10 Å². The zero-order chi connectivity index (χ0) is 7.56. The zero-order valence-electron chi connectivity index (χ0n) is 5.43. The van der Waals surface area contributed by atoms with Gasteiger partial charge >= 0.3 is 0 Å². The predicted molar refractivity (Wildman–Crippen MR) is 42.5 cm³/mol. The summed E-state index contributed by atoms with van der Waals surface area (Å²) < 4.78 is 1.07. The summed E-state index contributed by atoms with van der Waals surface area (Å²) in [6, 6.07) is 0. The summed E-state index contributed by atoms with van der Waals surface area (Å²) in [7, 11) is 0. The van der Waals surface area contributed by atoms with Gasteiger partial charge in [-0.05, 0) is 12.5 Å². The Morgan fingerprint density at radius 2 is 2.50 bits per heavy atom. The number of rotatable bonds is 1. The van der Waals surface area contributed by atoms with Crippen LogP contribution in [0.4, 0.5) is 0 Å². The molecule has 1 aliphatic heterocycles. The Kier molecular flexibility index (Phi) is 2.40. The summed E-state index contributed by atoms with van der Waals surface area (Å²) >= 11 is 11.1. The van der Waals surface area contributed by atoms with Gasteiger partial charge in [0.1, 0.15) is 0 Å². The normalized spacial score (nSPS) is 17.7. The fraction of sp³-hybridized carbons (Fsp3) is 0.400. The number of hydrogen-bond acceptors (Lipinski definition) is 3. The van der Waals surface area contributed by atoms with E-state index in [0.29, 0.717) is 5.17 Å². The molecule has 0 atom stereocenters. The molecule has 10 heavy (non-hydrogen) atoms. The average molecular weight is 180 g/mol. The third-order valence-corrected chi connectivity index (χ3v) is 1.44. The number of allylic oxidation sites excluding steroid dienone is 2. The number of nitrogens with zero attached hydrogens (tertiary/aromatic N) is 2. The first-order chi connectivity index (χ1) is 4.72. The lowest BCUT2D eigenvalue weighted by Crippen LogP contribution is -2.28. The molecule has 56 valence electrons. The average Bonchev–Trinajstić information content (AvgIpc) is 1.85. The van der Waals surface area contributed by atoms with Crippen LogP contribution in [0.15, 0.2) is 16.9 Å². The van der Waals surface area contributed by atoms with Crippen LogP contribution in [0.3, 0.4) is 0 Å². The molecule has 0 spiro atoms. The summed E-state index contributed by atoms with van der Waals surface area (Å²) in [4.78, 5) is 0. The van der Waals surface area contributed by atoms with Gasteiger partial charge in [-0.3, -0.25) is 5.43 Å². The van der Waals surface area contributed by atoms with Crippen molar-refractivity contribution in [3.8, 4) is 0 Å². The Labute approximate surface area is 69.4 Å². The van der Waals surface area contributed by atoms with Gasteiger partial charge in [-0.2, -0.15) is 0 Å². The molecule has 1 rings (SSSR count). The van der Waals surface area contributed by atoms with Crippen LogP contribution in [0.1, 0.15) is 13.3 Å². The topological polar surface area (TPSA) is 27.6 Å². The lowest BCUT2D eigenvalue weighted by Gasteiger charge is -2.17. The summed E-state index contributed by atoms with van der Waals surface area (Å²) in [6.45, 7) is 2.00. The van der Waals surface area contributed by atoms with Gasteiger partial charge < -0.3 is 0 Å². The quantitative estimate of drug-likeness (QED) is 0.623. The number of hydrazine groups is 1. The molecule has 0 aromatic carbocycles. The summed E-state index contributed by atoms with van der Waals surface area (Å²) in [5, 5.41) is 4.07. The molecule has 0 saturated carbocycles. The van der Waals surface area contributed by atoms with Crippen molar-refractivity contribution in [3.63, 3.8) is 0 Å². The molecule has 1 N–H and O–H groups in total. The molecule has 1 aliphatic rings. The molecule has 5 heteroatoms. The van der Waals surface area contributed by atoms with Gasteiger partial charge in [0, 0.05) is 5.70 Å². The van der Waals surface area contributed by atoms with Crippen molar-refractivity contribution in [1.29, 1.82) is 0 Å². The van der Waals surface area contributed by atoms with Crippen molar-refractivity contribution in [2.75, 3.05) is 0 Å². The molecular formula is C5H7Cl2N3. The van der Waals surface area contributed by atoms with E-state index in [0.717, 1.165) is 16.8 Å². The van der Waals surface area contributed by atoms with Gasteiger partial charge in [0.2, 0.25) is 0 Å². The van der Waals surface area contributed by atoms with Crippen molar-refractivity contribution < 1.29 is 0 Å². The second-order valence-corrected chi connectivity index (χ2v) is 2.53. The van der Waals surface area contributed by atoms with Crippen LogP contribution in [-0.4, -0.2) is 9.81 Å². The van der Waals surface area contributed by atoms with Crippen LogP contribution in [-0.2, 0) is 0 Å². The van der Waals surface area contributed by atoms with Gasteiger partial charge in [-0.25, -0.2) is 0 Å². The molecule has 0 fully saturated rings. The highest BCUT2D eigenvalue weighted by Crippen LogP contribution is 2.08. The van der Waals surface area contributed by atoms with Crippen LogP contribution in [0.2, 0.25) is 0 Å². The largest absolute Gasteiger partial charge is 0.271 e. The maximum Gasteiger partial charge on any atom is 0.154 e. The second kappa shape index (κ2) is 3.12. The number of halogens is 2. The Morgan fingerprint density at radius 3 is 3.00 bits per heavy atom. The Morgan fingerprint density at radius 1 is 1.80 bits per heavy atom. The number of nitrogens with one attached hydrogen (secondary N) is 1. The number of hydrogen-bond donors (Lipinski definition) is 1. The molecule has 0 radical (unpaired) electrons. The van der Waals surface area contributed by atoms with E-state index in [1.807, 2.05) is 6.92 Å². The Balaban J connectivity index is 2.70. The molecule has 1 heterocycles. The lowest BCUT2D eigenvalue weighted by atomic mass is 10.3. The fourth-order valence-electron chi connectivity index (χ4n) is 0.613. The molecular weight excluding hydrogens is 173 g/mol. The maximum atomic E-state index is 5.59. The van der Waals surface area contributed by atoms with Gasteiger partial charge in [0.25, 0.3) is 0 Å². The van der Waals surface area contributed by atoms with Crippen molar-refractivity contribution >= 4 is 28.5 Å². The molecule has 0 aliphatic carbocycles. The molecule has 0 saturated heterocycles. The highest BCUT2D eigenvalue weighted by Gasteiger charge is 2.06. The minimum Gasteiger partial charge on any atom is -0.271 e. The number of hydrazone groups is 1. The monoisotopic (exact) mass is 179 g/mol.